The number of para-hydroxylation sites is 2. The van der Waals surface area contributed by atoms with Gasteiger partial charge in [0.25, 0.3) is 0 Å². The summed E-state index contributed by atoms with van der Waals surface area (Å²) < 4.78 is 8.14. The topological polar surface area (TPSA) is 59.4 Å². The highest BCUT2D eigenvalue weighted by Crippen LogP contribution is 2.42. The molecule has 2 bridgehead atoms. The number of nitrogens with one attached hydrogen (secondary N) is 1. The van der Waals surface area contributed by atoms with Gasteiger partial charge < -0.3 is 14.6 Å². The lowest BCUT2D eigenvalue weighted by Crippen LogP contribution is -2.45. The zero-order chi connectivity index (χ0) is 23.8. The second kappa shape index (κ2) is 9.75. The summed E-state index contributed by atoms with van der Waals surface area (Å²) >= 11 is 0. The second-order valence-corrected chi connectivity index (χ2v) is 10.5. The minimum absolute atomic E-state index is 0.0184. The van der Waals surface area contributed by atoms with Gasteiger partial charge in [-0.2, -0.15) is 0 Å². The summed E-state index contributed by atoms with van der Waals surface area (Å²) in [6.45, 7) is 3.85. The number of piperidine rings is 1. The van der Waals surface area contributed by atoms with Crippen LogP contribution in [0, 0.1) is 6.92 Å². The summed E-state index contributed by atoms with van der Waals surface area (Å²) in [7, 11) is 0. The van der Waals surface area contributed by atoms with Crippen molar-refractivity contribution in [3.63, 3.8) is 0 Å². The Morgan fingerprint density at radius 3 is 2.51 bits per heavy atom. The quantitative estimate of drug-likeness (QED) is 0.529. The number of benzene rings is 2. The van der Waals surface area contributed by atoms with Crippen LogP contribution in [0.5, 0.6) is 0 Å². The SMILES string of the molecule is Cc1nc2ccccc2n1[C@H]1C[C@H]2CC[C@@H](C1)N2CC[C@H](NC(=O)C1CCCO1)c1ccccc1. The van der Waals surface area contributed by atoms with Gasteiger partial charge in [-0.15, -0.1) is 0 Å². The molecule has 1 aromatic heterocycles. The molecule has 1 unspecified atom stereocenters. The normalized spacial score (nSPS) is 27.3. The fourth-order valence-electron chi connectivity index (χ4n) is 6.78. The zero-order valence-corrected chi connectivity index (χ0v) is 20.6. The third-order valence-electron chi connectivity index (χ3n) is 8.41. The van der Waals surface area contributed by atoms with E-state index in [1.54, 1.807) is 0 Å². The molecule has 2 aromatic carbocycles. The summed E-state index contributed by atoms with van der Waals surface area (Å²) in [5.41, 5.74) is 3.55. The van der Waals surface area contributed by atoms with Gasteiger partial charge in [-0.1, -0.05) is 42.5 Å². The van der Waals surface area contributed by atoms with Gasteiger partial charge in [0, 0.05) is 31.3 Å². The molecule has 3 aliphatic rings. The summed E-state index contributed by atoms with van der Waals surface area (Å²) in [5, 5.41) is 3.32. The third-order valence-corrected chi connectivity index (χ3v) is 8.41. The Morgan fingerprint density at radius 1 is 1.03 bits per heavy atom. The molecular formula is C29H36N4O2. The van der Waals surface area contributed by atoms with Crippen LogP contribution in [0.1, 0.15) is 68.4 Å². The lowest BCUT2D eigenvalue weighted by Gasteiger charge is -2.40. The number of carbonyl (C=O) groups excluding carboxylic acids is 1. The van der Waals surface area contributed by atoms with Crippen molar-refractivity contribution in [1.82, 2.24) is 19.8 Å². The average molecular weight is 473 g/mol. The molecule has 1 N–H and O–H groups in total. The lowest BCUT2D eigenvalue weighted by molar-refractivity contribution is -0.130. The van der Waals surface area contributed by atoms with E-state index in [4.69, 9.17) is 9.72 Å². The van der Waals surface area contributed by atoms with Crippen LogP contribution in [0.25, 0.3) is 11.0 Å². The Labute approximate surface area is 207 Å². The van der Waals surface area contributed by atoms with Gasteiger partial charge in [0.2, 0.25) is 5.91 Å². The van der Waals surface area contributed by atoms with E-state index in [1.165, 1.54) is 36.8 Å². The predicted octanol–water partition coefficient (Wildman–Crippen LogP) is 4.94. The number of nitrogens with zero attached hydrogens (tertiary/aromatic N) is 3. The van der Waals surface area contributed by atoms with Gasteiger partial charge in [-0.05, 0) is 69.6 Å². The van der Waals surface area contributed by atoms with Crippen molar-refractivity contribution in [3.8, 4) is 0 Å². The van der Waals surface area contributed by atoms with Crippen molar-refractivity contribution >= 4 is 16.9 Å². The molecule has 3 aliphatic heterocycles. The fourth-order valence-corrected chi connectivity index (χ4v) is 6.78. The number of amides is 1. The predicted molar refractivity (Wildman–Crippen MR) is 137 cm³/mol. The molecule has 0 saturated carbocycles. The van der Waals surface area contributed by atoms with Crippen LogP contribution in [0.3, 0.4) is 0 Å². The molecule has 4 heterocycles. The third kappa shape index (κ3) is 4.50. The van der Waals surface area contributed by atoms with Gasteiger partial charge in [0.15, 0.2) is 0 Å². The number of hydrogen-bond donors (Lipinski definition) is 1. The summed E-state index contributed by atoms with van der Waals surface area (Å²) in [6.07, 6.45) is 7.32. The van der Waals surface area contributed by atoms with Crippen LogP contribution in [0.4, 0.5) is 0 Å². The van der Waals surface area contributed by atoms with Crippen molar-refractivity contribution in [1.29, 1.82) is 0 Å². The number of imidazole rings is 1. The van der Waals surface area contributed by atoms with Crippen LogP contribution in [0.2, 0.25) is 0 Å². The molecular weight excluding hydrogens is 436 g/mol. The van der Waals surface area contributed by atoms with Crippen LogP contribution in [-0.4, -0.2) is 51.7 Å². The number of aromatic nitrogens is 2. The molecule has 3 saturated heterocycles. The van der Waals surface area contributed by atoms with Crippen LogP contribution >= 0.6 is 0 Å². The number of aryl methyl sites for hydroxylation is 1. The van der Waals surface area contributed by atoms with E-state index in [0.29, 0.717) is 24.7 Å². The minimum Gasteiger partial charge on any atom is -0.368 e. The monoisotopic (exact) mass is 472 g/mol. The highest BCUT2D eigenvalue weighted by Gasteiger charge is 2.42. The summed E-state index contributed by atoms with van der Waals surface area (Å²) in [5.74, 6) is 1.17. The van der Waals surface area contributed by atoms with E-state index in [1.807, 2.05) is 6.07 Å². The van der Waals surface area contributed by atoms with Crippen molar-refractivity contribution in [2.75, 3.05) is 13.2 Å². The van der Waals surface area contributed by atoms with Gasteiger partial charge in [0.05, 0.1) is 17.1 Å². The number of ether oxygens (including phenoxy) is 1. The first-order valence-electron chi connectivity index (χ1n) is 13.3. The van der Waals surface area contributed by atoms with Crippen LogP contribution in [0.15, 0.2) is 54.6 Å². The first kappa shape index (κ1) is 22.7. The molecule has 6 nitrogen and oxygen atoms in total. The molecule has 0 spiro atoms. The van der Waals surface area contributed by atoms with Crippen LogP contribution in [-0.2, 0) is 9.53 Å². The molecule has 0 aliphatic carbocycles. The molecule has 6 rings (SSSR count). The van der Waals surface area contributed by atoms with E-state index >= 15 is 0 Å². The number of hydrogen-bond acceptors (Lipinski definition) is 4. The number of carbonyl (C=O) groups is 1. The van der Waals surface area contributed by atoms with E-state index < -0.39 is 0 Å². The molecule has 184 valence electrons. The second-order valence-electron chi connectivity index (χ2n) is 10.5. The molecule has 1 amide bonds. The maximum atomic E-state index is 12.9. The van der Waals surface area contributed by atoms with Crippen molar-refractivity contribution < 1.29 is 9.53 Å². The average Bonchev–Trinajstić information content (AvgIpc) is 3.58. The number of rotatable bonds is 7. The van der Waals surface area contributed by atoms with Gasteiger partial charge in [-0.25, -0.2) is 4.98 Å². The van der Waals surface area contributed by atoms with E-state index in [2.05, 4.69) is 70.2 Å². The van der Waals surface area contributed by atoms with Crippen LogP contribution < -0.4 is 5.32 Å². The Morgan fingerprint density at radius 2 is 1.77 bits per heavy atom. The van der Waals surface area contributed by atoms with E-state index in [-0.39, 0.29) is 18.1 Å². The zero-order valence-electron chi connectivity index (χ0n) is 20.6. The smallest absolute Gasteiger partial charge is 0.249 e. The largest absolute Gasteiger partial charge is 0.368 e. The first-order chi connectivity index (χ1) is 17.2. The fraction of sp³-hybridized carbons (Fsp3) is 0.517. The van der Waals surface area contributed by atoms with Crippen molar-refractivity contribution in [2.45, 2.75) is 82.1 Å². The molecule has 5 atom stereocenters. The number of fused-ring (bicyclic) bond motifs is 3. The molecule has 3 aromatic rings. The highest BCUT2D eigenvalue weighted by molar-refractivity contribution is 5.81. The van der Waals surface area contributed by atoms with Gasteiger partial charge >= 0.3 is 0 Å². The molecule has 35 heavy (non-hydrogen) atoms. The Hall–Kier alpha value is -2.70. The van der Waals surface area contributed by atoms with Gasteiger partial charge in [0.1, 0.15) is 11.9 Å². The Kier molecular flexibility index (Phi) is 6.33. The molecule has 6 heteroatoms. The first-order valence-corrected chi connectivity index (χ1v) is 13.3. The van der Waals surface area contributed by atoms with Crippen molar-refractivity contribution in [2.24, 2.45) is 0 Å². The van der Waals surface area contributed by atoms with Crippen molar-refractivity contribution in [3.05, 3.63) is 66.0 Å². The maximum Gasteiger partial charge on any atom is 0.249 e. The summed E-state index contributed by atoms with van der Waals surface area (Å²) in [6, 6.07) is 20.7. The molecule has 3 fully saturated rings. The van der Waals surface area contributed by atoms with Gasteiger partial charge in [-0.3, -0.25) is 9.69 Å². The maximum absolute atomic E-state index is 12.9. The molecule has 0 radical (unpaired) electrons. The summed E-state index contributed by atoms with van der Waals surface area (Å²) in [4.78, 5) is 20.4. The Balaban J connectivity index is 1.15. The standard InChI is InChI=1S/C29H36N4O2/c1-20-30-26-10-5-6-11-27(26)33(20)24-18-22-13-14-23(19-24)32(22)16-15-25(21-8-3-2-4-9-21)31-29(34)28-12-7-17-35-28/h2-6,8-11,22-25,28H,7,12-19H2,1H3,(H,31,34)/t22-,23+,24+,25-,28?/m0/s1. The lowest BCUT2D eigenvalue weighted by atomic mass is 9.95. The van der Waals surface area contributed by atoms with E-state index in [9.17, 15) is 4.79 Å². The van der Waals surface area contributed by atoms with E-state index in [0.717, 1.165) is 37.1 Å². The minimum atomic E-state index is -0.290. The highest BCUT2D eigenvalue weighted by atomic mass is 16.5. The Bertz CT molecular complexity index is 1160.